The van der Waals surface area contributed by atoms with Gasteiger partial charge in [-0.3, -0.25) is 0 Å². The van der Waals surface area contributed by atoms with Crippen molar-refractivity contribution in [2.24, 2.45) is 0 Å². The summed E-state index contributed by atoms with van der Waals surface area (Å²) in [5.74, 6) is -2.67. The van der Waals surface area contributed by atoms with Crippen LogP contribution in [0.5, 0.6) is 0 Å². The maximum atomic E-state index is 11.6. The van der Waals surface area contributed by atoms with Crippen LogP contribution in [0.2, 0.25) is 0 Å². The van der Waals surface area contributed by atoms with Gasteiger partial charge in [0.05, 0.1) is 18.6 Å². The summed E-state index contributed by atoms with van der Waals surface area (Å²) in [5.41, 5.74) is -0.130. The number of hydrogen-bond donors (Lipinski definition) is 1. The molecule has 1 aromatic rings. The Morgan fingerprint density at radius 1 is 1.24 bits per heavy atom. The van der Waals surface area contributed by atoms with Crippen molar-refractivity contribution in [1.82, 2.24) is 4.31 Å². The predicted molar refractivity (Wildman–Crippen MR) is 73.2 cm³/mol. The first kappa shape index (κ1) is 16.9. The van der Waals surface area contributed by atoms with Crippen molar-refractivity contribution in [3.63, 3.8) is 0 Å². The number of aromatic carboxylic acids is 1. The second kappa shape index (κ2) is 6.55. The van der Waals surface area contributed by atoms with Gasteiger partial charge in [0.1, 0.15) is 5.88 Å². The molecule has 0 heterocycles. The Morgan fingerprint density at radius 3 is 2.29 bits per heavy atom. The zero-order valence-corrected chi connectivity index (χ0v) is 12.6. The summed E-state index contributed by atoms with van der Waals surface area (Å²) < 4.78 is 28.8. The molecule has 8 nitrogen and oxygen atoms in total. The van der Waals surface area contributed by atoms with Gasteiger partial charge < -0.3 is 20.0 Å². The van der Waals surface area contributed by atoms with E-state index in [0.717, 1.165) is 17.5 Å². The van der Waals surface area contributed by atoms with E-state index in [-0.39, 0.29) is 16.8 Å². The van der Waals surface area contributed by atoms with Gasteiger partial charge in [-0.15, -0.1) is 0 Å². The predicted octanol–water partition coefficient (Wildman–Crippen LogP) is -0.902. The normalized spacial score (nSPS) is 11.2. The highest BCUT2D eigenvalue weighted by molar-refractivity contribution is 7.89. The number of methoxy groups -OCH3 is 1. The van der Waals surface area contributed by atoms with Gasteiger partial charge in [0.15, 0.2) is 0 Å². The number of carbonyl (C=O) groups excluding carboxylic acids is 2. The zero-order chi connectivity index (χ0) is 16.2. The van der Waals surface area contributed by atoms with E-state index in [0.29, 0.717) is 0 Å². The third-order valence-electron chi connectivity index (χ3n) is 2.60. The van der Waals surface area contributed by atoms with E-state index in [1.807, 2.05) is 0 Å². The first-order valence-corrected chi connectivity index (χ1v) is 7.37. The number of sulfonamides is 1. The van der Waals surface area contributed by atoms with Crippen LogP contribution < -0.4 is 10.4 Å². The lowest BCUT2D eigenvalue weighted by molar-refractivity contribution is -0.255. The van der Waals surface area contributed by atoms with Crippen molar-refractivity contribution in [3.8, 4) is 0 Å². The number of nitrogens with one attached hydrogen (secondary N) is 1. The minimum Gasteiger partial charge on any atom is -0.545 e. The molecule has 0 unspecified atom stereocenters. The Balaban J connectivity index is 3.09. The van der Waals surface area contributed by atoms with Gasteiger partial charge in [0, 0.05) is 25.3 Å². The molecular weight excluding hydrogens is 300 g/mol. The van der Waals surface area contributed by atoms with E-state index in [1.165, 1.54) is 26.2 Å². The molecule has 0 saturated heterocycles. The van der Waals surface area contributed by atoms with Crippen molar-refractivity contribution < 1.29 is 27.9 Å². The summed E-state index contributed by atoms with van der Waals surface area (Å²) >= 11 is 0. The Morgan fingerprint density at radius 2 is 1.81 bits per heavy atom. The second-order valence-corrected chi connectivity index (χ2v) is 6.48. The fourth-order valence-corrected chi connectivity index (χ4v) is 1.99. The Kier molecular flexibility index (Phi) is 5.28. The number of hydrogen-bond acceptors (Lipinski definition) is 7. The highest BCUT2D eigenvalue weighted by Gasteiger charge is 2.14. The molecule has 0 aliphatic carbocycles. The van der Waals surface area contributed by atoms with Gasteiger partial charge in [-0.25, -0.2) is 17.5 Å². The van der Waals surface area contributed by atoms with Gasteiger partial charge in [0.2, 0.25) is 10.0 Å². The molecule has 116 valence electrons. The van der Waals surface area contributed by atoms with Crippen molar-refractivity contribution in [1.29, 1.82) is 0 Å². The van der Waals surface area contributed by atoms with Crippen LogP contribution in [0.4, 0.5) is 5.69 Å². The SMILES string of the molecule is COC(=O)c1cc(NCS(=O)(=O)N(C)C)cc(C(=O)[O-])c1. The molecule has 1 N–H and O–H groups in total. The summed E-state index contributed by atoms with van der Waals surface area (Å²) in [6.45, 7) is 0. The van der Waals surface area contributed by atoms with Crippen LogP contribution in [0, 0.1) is 0 Å². The molecule has 1 aromatic carbocycles. The number of carboxylic acids is 1. The van der Waals surface area contributed by atoms with E-state index in [2.05, 4.69) is 10.1 Å². The summed E-state index contributed by atoms with van der Waals surface area (Å²) in [5, 5.41) is 13.5. The van der Waals surface area contributed by atoms with Crippen LogP contribution in [-0.4, -0.2) is 51.7 Å². The Hall–Kier alpha value is -2.13. The average molecular weight is 315 g/mol. The van der Waals surface area contributed by atoms with Crippen LogP contribution in [0.15, 0.2) is 18.2 Å². The number of esters is 1. The number of benzene rings is 1. The largest absolute Gasteiger partial charge is 0.545 e. The number of ether oxygens (including phenoxy) is 1. The van der Waals surface area contributed by atoms with Gasteiger partial charge in [0.25, 0.3) is 0 Å². The number of carboxylic acid groups (broad SMARTS) is 1. The number of carbonyl (C=O) groups is 2. The topological polar surface area (TPSA) is 116 Å². The third-order valence-corrected chi connectivity index (χ3v) is 4.23. The Bertz CT molecular complexity index is 654. The fourth-order valence-electron chi connectivity index (χ4n) is 1.39. The second-order valence-electron chi connectivity index (χ2n) is 4.29. The number of rotatable bonds is 6. The summed E-state index contributed by atoms with van der Waals surface area (Å²) in [6.07, 6.45) is 0. The monoisotopic (exact) mass is 315 g/mol. The minimum absolute atomic E-state index is 0.0241. The summed E-state index contributed by atoms with van der Waals surface area (Å²) in [6, 6.07) is 3.56. The first-order valence-electron chi connectivity index (χ1n) is 5.76. The maximum Gasteiger partial charge on any atom is 0.337 e. The summed E-state index contributed by atoms with van der Waals surface area (Å²) in [7, 11) is 0.364. The van der Waals surface area contributed by atoms with Crippen LogP contribution in [0.3, 0.4) is 0 Å². The van der Waals surface area contributed by atoms with Gasteiger partial charge >= 0.3 is 5.97 Å². The van der Waals surface area contributed by atoms with Crippen molar-refractivity contribution in [3.05, 3.63) is 29.3 Å². The lowest BCUT2D eigenvalue weighted by Crippen LogP contribution is -2.29. The van der Waals surface area contributed by atoms with E-state index in [4.69, 9.17) is 0 Å². The highest BCUT2D eigenvalue weighted by Crippen LogP contribution is 2.16. The average Bonchev–Trinajstić information content (AvgIpc) is 2.43. The standard InChI is InChI=1S/C12H16N2O6S/c1-14(2)21(18,19)7-13-10-5-8(11(15)16)4-9(6-10)12(17)20-3/h4-6,13H,7H2,1-3H3,(H,15,16)/p-1. The van der Waals surface area contributed by atoms with Crippen molar-refractivity contribution >= 4 is 27.6 Å². The van der Waals surface area contributed by atoms with E-state index in [1.54, 1.807) is 0 Å². The van der Waals surface area contributed by atoms with Gasteiger partial charge in [-0.2, -0.15) is 0 Å². The maximum absolute atomic E-state index is 11.6. The van der Waals surface area contributed by atoms with Gasteiger partial charge in [-0.1, -0.05) is 0 Å². The third kappa shape index (κ3) is 4.43. The van der Waals surface area contributed by atoms with E-state index in [9.17, 15) is 23.1 Å². The molecule has 0 aliphatic heterocycles. The first-order chi connectivity index (χ1) is 9.67. The zero-order valence-electron chi connectivity index (χ0n) is 11.7. The molecule has 0 aliphatic rings. The molecule has 0 fully saturated rings. The summed E-state index contributed by atoms with van der Waals surface area (Å²) in [4.78, 5) is 22.4. The van der Waals surface area contributed by atoms with E-state index < -0.39 is 27.8 Å². The van der Waals surface area contributed by atoms with Gasteiger partial charge in [-0.05, 0) is 18.2 Å². The number of anilines is 1. The molecule has 0 aromatic heterocycles. The molecule has 9 heteroatoms. The lowest BCUT2D eigenvalue weighted by Gasteiger charge is -2.14. The van der Waals surface area contributed by atoms with Crippen LogP contribution >= 0.6 is 0 Å². The van der Waals surface area contributed by atoms with Crippen molar-refractivity contribution in [2.75, 3.05) is 32.4 Å². The van der Waals surface area contributed by atoms with E-state index >= 15 is 0 Å². The quantitative estimate of drug-likeness (QED) is 0.676. The fraction of sp³-hybridized carbons (Fsp3) is 0.333. The highest BCUT2D eigenvalue weighted by atomic mass is 32.2. The molecule has 0 amide bonds. The lowest BCUT2D eigenvalue weighted by atomic mass is 10.1. The molecule has 0 bridgehead atoms. The molecule has 0 saturated carbocycles. The molecular formula is C12H15N2O6S-. The number of nitrogens with zero attached hydrogens (tertiary/aromatic N) is 1. The molecule has 0 spiro atoms. The molecule has 0 atom stereocenters. The Labute approximate surface area is 122 Å². The molecule has 0 radical (unpaired) electrons. The molecule has 21 heavy (non-hydrogen) atoms. The van der Waals surface area contributed by atoms with Crippen LogP contribution in [0.1, 0.15) is 20.7 Å². The molecule has 1 rings (SSSR count). The minimum atomic E-state index is -3.53. The van der Waals surface area contributed by atoms with Crippen LogP contribution in [-0.2, 0) is 14.8 Å². The van der Waals surface area contributed by atoms with Crippen molar-refractivity contribution in [2.45, 2.75) is 0 Å². The van der Waals surface area contributed by atoms with Crippen LogP contribution in [0.25, 0.3) is 0 Å². The smallest absolute Gasteiger partial charge is 0.337 e.